The topological polar surface area (TPSA) is 84.1 Å². The number of carbonyl (C=O) groups is 1. The van der Waals surface area contributed by atoms with Crippen molar-refractivity contribution >= 4 is 11.7 Å². The van der Waals surface area contributed by atoms with E-state index in [0.29, 0.717) is 24.8 Å². The lowest BCUT2D eigenvalue weighted by atomic mass is 10.3. The van der Waals surface area contributed by atoms with Crippen LogP contribution < -0.4 is 16.0 Å². The van der Waals surface area contributed by atoms with Gasteiger partial charge in [0.2, 0.25) is 0 Å². The maximum Gasteiger partial charge on any atom is 0.271 e. The molecule has 1 amide bonds. The van der Waals surface area contributed by atoms with Crippen LogP contribution in [-0.4, -0.2) is 42.3 Å². The normalized spacial score (nSPS) is 10.4. The highest BCUT2D eigenvalue weighted by Crippen LogP contribution is 2.12. The zero-order valence-corrected chi connectivity index (χ0v) is 10.5. The summed E-state index contributed by atoms with van der Waals surface area (Å²) in [6.45, 7) is 5.39. The molecule has 94 valence electrons. The van der Waals surface area contributed by atoms with Crippen LogP contribution in [0.4, 0.5) is 5.82 Å². The molecule has 0 atom stereocenters. The molecule has 1 aromatic heterocycles. The Kier molecular flexibility index (Phi) is 4.84. The molecule has 0 radical (unpaired) electrons. The summed E-state index contributed by atoms with van der Waals surface area (Å²) in [5, 5.41) is 10.4. The molecule has 17 heavy (non-hydrogen) atoms. The first-order chi connectivity index (χ1) is 8.10. The Morgan fingerprint density at radius 3 is 2.59 bits per heavy atom. The fourth-order valence-electron chi connectivity index (χ4n) is 1.50. The fourth-order valence-corrected chi connectivity index (χ4v) is 1.50. The van der Waals surface area contributed by atoms with Gasteiger partial charge in [0.05, 0.1) is 0 Å². The van der Waals surface area contributed by atoms with E-state index in [0.717, 1.165) is 5.82 Å². The average Bonchev–Trinajstić information content (AvgIpc) is 2.35. The van der Waals surface area contributed by atoms with Crippen molar-refractivity contribution < 1.29 is 4.79 Å². The molecule has 0 unspecified atom stereocenters. The third kappa shape index (κ3) is 3.39. The van der Waals surface area contributed by atoms with Crippen LogP contribution in [0.2, 0.25) is 0 Å². The third-order valence-corrected chi connectivity index (χ3v) is 2.40. The van der Waals surface area contributed by atoms with Gasteiger partial charge >= 0.3 is 0 Å². The van der Waals surface area contributed by atoms with Crippen LogP contribution >= 0.6 is 0 Å². The average molecular weight is 237 g/mol. The number of hydrogen-bond donors (Lipinski definition) is 2. The number of anilines is 1. The minimum atomic E-state index is -0.237. The van der Waals surface area contributed by atoms with E-state index in [1.165, 1.54) is 0 Å². The minimum Gasteiger partial charge on any atom is -0.354 e. The van der Waals surface area contributed by atoms with Gasteiger partial charge in [-0.15, -0.1) is 10.2 Å². The lowest BCUT2D eigenvalue weighted by molar-refractivity contribution is 0.0957. The highest BCUT2D eigenvalue weighted by molar-refractivity contribution is 5.91. The summed E-state index contributed by atoms with van der Waals surface area (Å²) >= 11 is 0. The number of aromatic nitrogens is 2. The standard InChI is InChI=1S/C11H19N5O/c1-8(2)16(7-6-12)10-5-4-9(14-15-10)11(17)13-3/h4-5,8H,6-7,12H2,1-3H3,(H,13,17). The van der Waals surface area contributed by atoms with Gasteiger partial charge in [-0.05, 0) is 26.0 Å². The number of amides is 1. The number of carbonyl (C=O) groups excluding carboxylic acids is 1. The quantitative estimate of drug-likeness (QED) is 0.753. The Labute approximate surface area is 101 Å². The second-order valence-corrected chi connectivity index (χ2v) is 3.93. The Morgan fingerprint density at radius 2 is 2.18 bits per heavy atom. The van der Waals surface area contributed by atoms with Crippen molar-refractivity contribution in [3.63, 3.8) is 0 Å². The Bertz CT molecular complexity index is 363. The van der Waals surface area contributed by atoms with E-state index < -0.39 is 0 Å². The number of rotatable bonds is 5. The Hall–Kier alpha value is -1.69. The van der Waals surface area contributed by atoms with Crippen molar-refractivity contribution in [1.82, 2.24) is 15.5 Å². The van der Waals surface area contributed by atoms with Crippen LogP contribution in [0.15, 0.2) is 12.1 Å². The van der Waals surface area contributed by atoms with Crippen molar-refractivity contribution in [3.05, 3.63) is 17.8 Å². The molecule has 0 bridgehead atoms. The molecule has 1 aromatic rings. The molecule has 6 heteroatoms. The van der Waals surface area contributed by atoms with Gasteiger partial charge in [-0.2, -0.15) is 0 Å². The molecular weight excluding hydrogens is 218 g/mol. The zero-order chi connectivity index (χ0) is 12.8. The van der Waals surface area contributed by atoms with Crippen molar-refractivity contribution in [2.24, 2.45) is 5.73 Å². The number of nitrogens with one attached hydrogen (secondary N) is 1. The summed E-state index contributed by atoms with van der Waals surface area (Å²) in [4.78, 5) is 13.3. The lowest BCUT2D eigenvalue weighted by Gasteiger charge is -2.26. The Balaban J connectivity index is 2.88. The summed E-state index contributed by atoms with van der Waals surface area (Å²) in [7, 11) is 1.56. The molecule has 0 fully saturated rings. The second-order valence-electron chi connectivity index (χ2n) is 3.93. The van der Waals surface area contributed by atoms with Crippen molar-refractivity contribution in [2.75, 3.05) is 25.0 Å². The van der Waals surface area contributed by atoms with Gasteiger partial charge in [-0.25, -0.2) is 0 Å². The predicted octanol–water partition coefficient (Wildman–Crippen LogP) is 0.00970. The molecule has 1 rings (SSSR count). The first-order valence-corrected chi connectivity index (χ1v) is 5.62. The Morgan fingerprint density at radius 1 is 1.47 bits per heavy atom. The molecule has 0 saturated carbocycles. The van der Waals surface area contributed by atoms with E-state index in [4.69, 9.17) is 5.73 Å². The van der Waals surface area contributed by atoms with Crippen LogP contribution in [0.5, 0.6) is 0 Å². The number of nitrogens with zero attached hydrogens (tertiary/aromatic N) is 3. The van der Waals surface area contributed by atoms with E-state index in [-0.39, 0.29) is 5.91 Å². The maximum absolute atomic E-state index is 11.3. The second kappa shape index (κ2) is 6.15. The van der Waals surface area contributed by atoms with Crippen molar-refractivity contribution in [2.45, 2.75) is 19.9 Å². The van der Waals surface area contributed by atoms with Crippen LogP contribution in [0.25, 0.3) is 0 Å². The monoisotopic (exact) mass is 237 g/mol. The molecule has 0 aliphatic rings. The van der Waals surface area contributed by atoms with Crippen LogP contribution in [0, 0.1) is 0 Å². The molecule has 3 N–H and O–H groups in total. The van der Waals surface area contributed by atoms with Gasteiger partial charge in [-0.1, -0.05) is 0 Å². The van der Waals surface area contributed by atoms with Gasteiger partial charge in [0.1, 0.15) is 0 Å². The predicted molar refractivity (Wildman–Crippen MR) is 67.0 cm³/mol. The molecule has 0 aliphatic carbocycles. The third-order valence-electron chi connectivity index (χ3n) is 2.40. The molecule has 1 heterocycles. The SMILES string of the molecule is CNC(=O)c1ccc(N(CCN)C(C)C)nn1. The summed E-state index contributed by atoms with van der Waals surface area (Å²) in [5.74, 6) is 0.497. The van der Waals surface area contributed by atoms with Gasteiger partial charge < -0.3 is 16.0 Å². The lowest BCUT2D eigenvalue weighted by Crippen LogP contribution is -2.36. The van der Waals surface area contributed by atoms with Gasteiger partial charge in [0.15, 0.2) is 11.5 Å². The first-order valence-electron chi connectivity index (χ1n) is 5.62. The molecule has 0 spiro atoms. The van der Waals surface area contributed by atoms with Gasteiger partial charge in [0.25, 0.3) is 5.91 Å². The van der Waals surface area contributed by atoms with Crippen molar-refractivity contribution in [3.8, 4) is 0 Å². The van der Waals surface area contributed by atoms with Gasteiger partial charge in [0, 0.05) is 26.2 Å². The molecule has 6 nitrogen and oxygen atoms in total. The van der Waals surface area contributed by atoms with Crippen molar-refractivity contribution in [1.29, 1.82) is 0 Å². The number of hydrogen-bond acceptors (Lipinski definition) is 5. The first kappa shape index (κ1) is 13.4. The van der Waals surface area contributed by atoms with Crippen LogP contribution in [0.3, 0.4) is 0 Å². The minimum absolute atomic E-state index is 0.237. The van der Waals surface area contributed by atoms with E-state index >= 15 is 0 Å². The van der Waals surface area contributed by atoms with E-state index in [1.54, 1.807) is 19.2 Å². The smallest absolute Gasteiger partial charge is 0.271 e. The molecule has 0 saturated heterocycles. The highest BCUT2D eigenvalue weighted by Gasteiger charge is 2.12. The van der Waals surface area contributed by atoms with E-state index in [1.807, 2.05) is 4.90 Å². The zero-order valence-electron chi connectivity index (χ0n) is 10.5. The fraction of sp³-hybridized carbons (Fsp3) is 0.545. The summed E-state index contributed by atoms with van der Waals surface area (Å²) in [5.41, 5.74) is 5.86. The maximum atomic E-state index is 11.3. The molecule has 0 aliphatic heterocycles. The summed E-state index contributed by atoms with van der Waals surface area (Å²) < 4.78 is 0. The van der Waals surface area contributed by atoms with E-state index in [9.17, 15) is 4.79 Å². The van der Waals surface area contributed by atoms with E-state index in [2.05, 4.69) is 29.4 Å². The number of nitrogens with two attached hydrogens (primary N) is 1. The van der Waals surface area contributed by atoms with Crippen LogP contribution in [-0.2, 0) is 0 Å². The summed E-state index contributed by atoms with van der Waals surface area (Å²) in [6.07, 6.45) is 0. The largest absolute Gasteiger partial charge is 0.354 e. The van der Waals surface area contributed by atoms with Crippen LogP contribution in [0.1, 0.15) is 24.3 Å². The molecule has 0 aromatic carbocycles. The van der Waals surface area contributed by atoms with Gasteiger partial charge in [-0.3, -0.25) is 4.79 Å². The molecular formula is C11H19N5O. The highest BCUT2D eigenvalue weighted by atomic mass is 16.1. The summed E-state index contributed by atoms with van der Waals surface area (Å²) in [6, 6.07) is 3.74.